The molecule has 3 rings (SSSR count). The average molecular weight is 286 g/mol. The van der Waals surface area contributed by atoms with Crippen molar-refractivity contribution < 1.29 is 0 Å². The zero-order valence-corrected chi connectivity index (χ0v) is 12.4. The van der Waals surface area contributed by atoms with Gasteiger partial charge in [0.1, 0.15) is 4.70 Å². The molecule has 0 amide bonds. The minimum Gasteiger partial charge on any atom is -0.293 e. The Morgan fingerprint density at radius 2 is 2.05 bits per heavy atom. The lowest BCUT2D eigenvalue weighted by Gasteiger charge is -2.08. The summed E-state index contributed by atoms with van der Waals surface area (Å²) in [6, 6.07) is 1.96. The highest BCUT2D eigenvalue weighted by Crippen LogP contribution is 2.19. The smallest absolute Gasteiger partial charge is 0.271 e. The fourth-order valence-corrected chi connectivity index (χ4v) is 3.07. The quantitative estimate of drug-likeness (QED) is 0.724. The van der Waals surface area contributed by atoms with Crippen molar-refractivity contribution in [3.05, 3.63) is 50.6 Å². The largest absolute Gasteiger partial charge is 0.293 e. The molecule has 3 aromatic heterocycles. The van der Waals surface area contributed by atoms with Crippen LogP contribution in [0.5, 0.6) is 0 Å². The second-order valence-electron chi connectivity index (χ2n) is 4.87. The van der Waals surface area contributed by atoms with Gasteiger partial charge in [0.05, 0.1) is 29.8 Å². The molecule has 0 bridgehead atoms. The molecule has 0 aliphatic heterocycles. The van der Waals surface area contributed by atoms with Crippen LogP contribution in [-0.4, -0.2) is 19.7 Å². The van der Waals surface area contributed by atoms with Gasteiger partial charge < -0.3 is 0 Å². The number of rotatable bonds is 2. The molecule has 0 N–H and O–H groups in total. The van der Waals surface area contributed by atoms with Gasteiger partial charge in [-0.05, 0) is 43.3 Å². The van der Waals surface area contributed by atoms with E-state index in [0.29, 0.717) is 11.2 Å². The molecule has 0 saturated carbocycles. The predicted octanol–water partition coefficient (Wildman–Crippen LogP) is 2.22. The van der Waals surface area contributed by atoms with Crippen LogP contribution in [-0.2, 0) is 6.54 Å². The van der Waals surface area contributed by atoms with Gasteiger partial charge >= 0.3 is 0 Å². The number of thiophene rings is 1. The molecule has 0 atom stereocenters. The van der Waals surface area contributed by atoms with Crippen LogP contribution in [0.2, 0.25) is 0 Å². The van der Waals surface area contributed by atoms with E-state index in [1.165, 1.54) is 11.3 Å². The molecule has 3 aromatic rings. The summed E-state index contributed by atoms with van der Waals surface area (Å²) in [5.41, 5.74) is 4.53. The van der Waals surface area contributed by atoms with E-state index in [-0.39, 0.29) is 5.56 Å². The third-order valence-electron chi connectivity index (χ3n) is 3.27. The summed E-state index contributed by atoms with van der Waals surface area (Å²) in [5, 5.41) is 10.1. The van der Waals surface area contributed by atoms with Crippen LogP contribution < -0.4 is 5.56 Å². The third kappa shape index (κ3) is 2.12. The molecule has 0 spiro atoms. The molecule has 0 saturated heterocycles. The summed E-state index contributed by atoms with van der Waals surface area (Å²) < 4.78 is 2.34. The first-order valence-electron chi connectivity index (χ1n) is 6.29. The Morgan fingerprint density at radius 1 is 1.25 bits per heavy atom. The minimum absolute atomic E-state index is 0.00182. The second-order valence-corrected chi connectivity index (χ2v) is 5.75. The molecule has 20 heavy (non-hydrogen) atoms. The van der Waals surface area contributed by atoms with Gasteiger partial charge in [0.15, 0.2) is 0 Å². The normalized spacial score (nSPS) is 11.2. The highest BCUT2D eigenvalue weighted by atomic mass is 32.1. The number of fused-ring (bicyclic) bond motifs is 1. The Labute approximate surface area is 119 Å². The SMILES string of the molecule is Cc1cc(Cn2cnc3c(C)csc3c2=O)c(C)nn1. The Morgan fingerprint density at radius 3 is 2.85 bits per heavy atom. The molecule has 0 aromatic carbocycles. The van der Waals surface area contributed by atoms with Crippen molar-refractivity contribution in [1.82, 2.24) is 19.7 Å². The van der Waals surface area contributed by atoms with Crippen molar-refractivity contribution in [1.29, 1.82) is 0 Å². The minimum atomic E-state index is 0.00182. The van der Waals surface area contributed by atoms with Gasteiger partial charge in [-0.3, -0.25) is 9.36 Å². The monoisotopic (exact) mass is 286 g/mol. The van der Waals surface area contributed by atoms with Crippen LogP contribution in [0.25, 0.3) is 10.2 Å². The summed E-state index contributed by atoms with van der Waals surface area (Å²) in [4.78, 5) is 16.8. The second kappa shape index (κ2) is 4.79. The summed E-state index contributed by atoms with van der Waals surface area (Å²) >= 11 is 1.45. The maximum atomic E-state index is 12.4. The average Bonchev–Trinajstić information content (AvgIpc) is 2.79. The first-order chi connectivity index (χ1) is 9.56. The molecule has 5 nitrogen and oxygen atoms in total. The number of aromatic nitrogens is 4. The summed E-state index contributed by atoms with van der Waals surface area (Å²) in [7, 11) is 0. The summed E-state index contributed by atoms with van der Waals surface area (Å²) in [6.07, 6.45) is 1.61. The molecular formula is C14H14N4OS. The molecule has 0 fully saturated rings. The molecule has 0 unspecified atom stereocenters. The van der Waals surface area contributed by atoms with E-state index in [1.54, 1.807) is 10.9 Å². The maximum Gasteiger partial charge on any atom is 0.271 e. The molecule has 0 radical (unpaired) electrons. The molecule has 102 valence electrons. The van der Waals surface area contributed by atoms with E-state index in [2.05, 4.69) is 15.2 Å². The standard InChI is InChI=1S/C14H14N4OS/c1-8-6-20-13-12(8)15-7-18(14(13)19)5-11-4-9(2)16-17-10(11)3/h4,6-7H,5H2,1-3H3. The van der Waals surface area contributed by atoms with Crippen LogP contribution in [0.4, 0.5) is 0 Å². The molecule has 6 heteroatoms. The van der Waals surface area contributed by atoms with Gasteiger partial charge in [-0.25, -0.2) is 4.98 Å². The van der Waals surface area contributed by atoms with E-state index < -0.39 is 0 Å². The van der Waals surface area contributed by atoms with Crippen LogP contribution in [0, 0.1) is 20.8 Å². The van der Waals surface area contributed by atoms with Gasteiger partial charge in [0.25, 0.3) is 5.56 Å². The van der Waals surface area contributed by atoms with Crippen molar-refractivity contribution in [3.8, 4) is 0 Å². The lowest BCUT2D eigenvalue weighted by atomic mass is 10.2. The Balaban J connectivity index is 2.09. The topological polar surface area (TPSA) is 60.7 Å². The highest BCUT2D eigenvalue weighted by Gasteiger charge is 2.10. The van der Waals surface area contributed by atoms with Crippen molar-refractivity contribution >= 4 is 21.6 Å². The Hall–Kier alpha value is -2.08. The van der Waals surface area contributed by atoms with Crippen LogP contribution in [0.3, 0.4) is 0 Å². The van der Waals surface area contributed by atoms with Crippen LogP contribution in [0.1, 0.15) is 22.5 Å². The third-order valence-corrected chi connectivity index (χ3v) is 4.34. The van der Waals surface area contributed by atoms with Gasteiger partial charge in [0, 0.05) is 0 Å². The predicted molar refractivity (Wildman–Crippen MR) is 79.2 cm³/mol. The van der Waals surface area contributed by atoms with Crippen molar-refractivity contribution in [3.63, 3.8) is 0 Å². The molecule has 0 aliphatic rings. The van der Waals surface area contributed by atoms with E-state index in [9.17, 15) is 4.79 Å². The van der Waals surface area contributed by atoms with Gasteiger partial charge in [-0.2, -0.15) is 10.2 Å². The summed E-state index contributed by atoms with van der Waals surface area (Å²) in [6.45, 7) is 6.23. The van der Waals surface area contributed by atoms with Crippen molar-refractivity contribution in [2.24, 2.45) is 0 Å². The molecule has 3 heterocycles. The van der Waals surface area contributed by atoms with Gasteiger partial charge in [-0.1, -0.05) is 0 Å². The Bertz CT molecular complexity index is 850. The van der Waals surface area contributed by atoms with E-state index in [4.69, 9.17) is 0 Å². The maximum absolute atomic E-state index is 12.4. The van der Waals surface area contributed by atoms with Crippen molar-refractivity contribution in [2.75, 3.05) is 0 Å². The van der Waals surface area contributed by atoms with Crippen LogP contribution >= 0.6 is 11.3 Å². The van der Waals surface area contributed by atoms with Gasteiger partial charge in [-0.15, -0.1) is 11.3 Å². The Kier molecular flexibility index (Phi) is 3.10. The number of hydrogen-bond donors (Lipinski definition) is 0. The van der Waals surface area contributed by atoms with E-state index >= 15 is 0 Å². The zero-order valence-electron chi connectivity index (χ0n) is 11.5. The van der Waals surface area contributed by atoms with E-state index in [0.717, 1.165) is 28.0 Å². The fourth-order valence-electron chi connectivity index (χ4n) is 2.12. The lowest BCUT2D eigenvalue weighted by Crippen LogP contribution is -2.21. The first kappa shape index (κ1) is 12.9. The van der Waals surface area contributed by atoms with Gasteiger partial charge in [0.2, 0.25) is 0 Å². The molecular weight excluding hydrogens is 272 g/mol. The zero-order chi connectivity index (χ0) is 14.3. The molecule has 0 aliphatic carbocycles. The first-order valence-corrected chi connectivity index (χ1v) is 7.17. The lowest BCUT2D eigenvalue weighted by molar-refractivity contribution is 0.732. The summed E-state index contributed by atoms with van der Waals surface area (Å²) in [5.74, 6) is 0. The number of aryl methyl sites for hydroxylation is 3. The highest BCUT2D eigenvalue weighted by molar-refractivity contribution is 7.17. The fraction of sp³-hybridized carbons (Fsp3) is 0.286. The van der Waals surface area contributed by atoms with E-state index in [1.807, 2.05) is 32.2 Å². The van der Waals surface area contributed by atoms with Crippen LogP contribution in [0.15, 0.2) is 22.6 Å². The van der Waals surface area contributed by atoms with Crippen molar-refractivity contribution in [2.45, 2.75) is 27.3 Å². The number of nitrogens with zero attached hydrogens (tertiary/aromatic N) is 4. The number of hydrogen-bond acceptors (Lipinski definition) is 5.